The molecule has 1 aromatic carbocycles. The molecule has 0 aliphatic carbocycles. The number of aliphatic carboxylic acids is 1. The van der Waals surface area contributed by atoms with Crippen molar-refractivity contribution in [3.8, 4) is 0 Å². The Morgan fingerprint density at radius 2 is 2.00 bits per heavy atom. The normalized spacial score (nSPS) is 8.70. The number of carboxylic acid groups (broad SMARTS) is 1. The van der Waals surface area contributed by atoms with Crippen molar-refractivity contribution >= 4 is 24.0 Å². The fraction of sp³-hybridized carbons (Fsp3) is 0.385. The molecule has 0 heterocycles. The first-order valence-electron chi connectivity index (χ1n) is 5.79. The molecule has 0 saturated heterocycles. The molecule has 0 atom stereocenters. The molecule has 0 fully saturated rings. The number of carboxylic acids is 1. The molecule has 0 radical (unpaired) electrons. The smallest absolute Gasteiger partial charge is 0.665 e. The third-order valence-corrected chi connectivity index (χ3v) is 2.33. The number of hydrogen-bond acceptors (Lipinski definition) is 2. The molecule has 106 valence electrons. The fourth-order valence-electron chi connectivity index (χ4n) is 1.15. The van der Waals surface area contributed by atoms with Crippen LogP contribution in [0.15, 0.2) is 24.3 Å². The summed E-state index contributed by atoms with van der Waals surface area (Å²) in [6.07, 6.45) is 1.57. The summed E-state index contributed by atoms with van der Waals surface area (Å²) in [4.78, 5) is 19.7. The van der Waals surface area contributed by atoms with Crippen LogP contribution in [-0.2, 0) is 16.1 Å². The van der Waals surface area contributed by atoms with E-state index >= 15 is 0 Å². The maximum atomic E-state index is 9.91. The Morgan fingerprint density at radius 3 is 2.45 bits per heavy atom. The molecule has 0 aliphatic rings. The molecule has 1 aromatic rings. The van der Waals surface area contributed by atoms with Gasteiger partial charge in [0.05, 0.1) is 0 Å². The molecule has 7 heteroatoms. The van der Waals surface area contributed by atoms with Crippen LogP contribution in [0.5, 0.6) is 0 Å². The predicted molar refractivity (Wildman–Crippen MR) is 75.4 cm³/mol. The summed E-state index contributed by atoms with van der Waals surface area (Å²) in [6.45, 7) is 1.22. The quantitative estimate of drug-likeness (QED) is 0.401. The van der Waals surface area contributed by atoms with Crippen LogP contribution >= 0.6 is 11.6 Å². The van der Waals surface area contributed by atoms with E-state index in [1.807, 2.05) is 12.1 Å². The molecule has 2 N–H and O–H groups in total. The van der Waals surface area contributed by atoms with Crippen LogP contribution in [0.25, 0.3) is 5.32 Å². The van der Waals surface area contributed by atoms with Gasteiger partial charge in [-0.3, -0.25) is 9.59 Å². The molecule has 0 aliphatic heterocycles. The molecule has 5 nitrogen and oxygen atoms in total. The summed E-state index contributed by atoms with van der Waals surface area (Å²) in [5.74, 6) is -0.742. The van der Waals surface area contributed by atoms with Crippen molar-refractivity contribution < 1.29 is 66.1 Å². The van der Waals surface area contributed by atoms with E-state index in [0.29, 0.717) is 30.9 Å². The number of nitrogens with zero attached hydrogens (tertiary/aromatic N) is 1. The summed E-state index contributed by atoms with van der Waals surface area (Å²) < 4.78 is 0. The first-order chi connectivity index (χ1) is 9.10. The van der Waals surface area contributed by atoms with Gasteiger partial charge in [-0.05, 0) is 17.7 Å². The zero-order chi connectivity index (χ0) is 14.5. The molecule has 0 saturated carbocycles. The van der Waals surface area contributed by atoms with Crippen LogP contribution in [0.4, 0.5) is 0 Å². The zero-order valence-electron chi connectivity index (χ0n) is 11.8. The Morgan fingerprint density at radius 1 is 1.40 bits per heavy atom. The van der Waals surface area contributed by atoms with Gasteiger partial charge in [0.25, 0.3) is 0 Å². The maximum Gasteiger partial charge on any atom is 1.00 e. The SMILES string of the molecule is C[N-]CCCC(=O)O.O=CNCc1ccc(Cl)cc1.[K+]. The van der Waals surface area contributed by atoms with Gasteiger partial charge in [-0.25, -0.2) is 0 Å². The summed E-state index contributed by atoms with van der Waals surface area (Å²) in [5.41, 5.74) is 1.04. The number of hydrogen-bond donors (Lipinski definition) is 2. The number of rotatable bonds is 7. The van der Waals surface area contributed by atoms with E-state index < -0.39 is 5.97 Å². The summed E-state index contributed by atoms with van der Waals surface area (Å²) >= 11 is 5.66. The van der Waals surface area contributed by atoms with Crippen LogP contribution in [0.1, 0.15) is 18.4 Å². The van der Waals surface area contributed by atoms with E-state index in [0.717, 1.165) is 5.56 Å². The van der Waals surface area contributed by atoms with Crippen molar-refractivity contribution in [3.63, 3.8) is 0 Å². The van der Waals surface area contributed by atoms with Crippen LogP contribution in [-0.4, -0.2) is 31.1 Å². The van der Waals surface area contributed by atoms with Gasteiger partial charge < -0.3 is 15.7 Å². The molecular weight excluding hydrogens is 307 g/mol. The number of carbonyl (C=O) groups is 2. The van der Waals surface area contributed by atoms with E-state index in [4.69, 9.17) is 16.7 Å². The maximum absolute atomic E-state index is 9.91. The number of amides is 1. The molecule has 0 unspecified atom stereocenters. The zero-order valence-corrected chi connectivity index (χ0v) is 15.7. The second-order valence-corrected chi connectivity index (χ2v) is 4.10. The second kappa shape index (κ2) is 15.4. The van der Waals surface area contributed by atoms with Gasteiger partial charge in [0, 0.05) is 18.0 Å². The topological polar surface area (TPSA) is 80.5 Å². The summed E-state index contributed by atoms with van der Waals surface area (Å²) in [5, 5.41) is 15.1. The molecule has 20 heavy (non-hydrogen) atoms. The fourth-order valence-corrected chi connectivity index (χ4v) is 1.28. The predicted octanol–water partition coefficient (Wildman–Crippen LogP) is -0.555. The standard InChI is InChI=1S/C8H8ClNO.C5H10NO2.K/c9-8-3-1-7(2-4-8)5-10-6-11;1-6-4-2-3-5(7)8;/h1-4,6H,5H2,(H,10,11);2-4H2,1H3,(H,7,8);/q;-1;+1. The van der Waals surface area contributed by atoms with Crippen LogP contribution in [0.3, 0.4) is 0 Å². The summed E-state index contributed by atoms with van der Waals surface area (Å²) in [7, 11) is 1.68. The first-order valence-corrected chi connectivity index (χ1v) is 6.16. The van der Waals surface area contributed by atoms with Gasteiger partial charge in [-0.15, -0.1) is 6.54 Å². The minimum Gasteiger partial charge on any atom is -0.665 e. The Hall–Kier alpha value is 0.0464. The van der Waals surface area contributed by atoms with Gasteiger partial charge in [0.1, 0.15) is 0 Å². The average Bonchev–Trinajstić information content (AvgIpc) is 2.39. The average molecular weight is 325 g/mol. The Labute approximate surface area is 166 Å². The Bertz CT molecular complexity index is 374. The van der Waals surface area contributed by atoms with E-state index in [-0.39, 0.29) is 57.8 Å². The van der Waals surface area contributed by atoms with Crippen molar-refractivity contribution in [1.82, 2.24) is 5.32 Å². The summed E-state index contributed by atoms with van der Waals surface area (Å²) in [6, 6.07) is 7.34. The van der Waals surface area contributed by atoms with Gasteiger partial charge in [-0.1, -0.05) is 30.2 Å². The molecule has 0 spiro atoms. The number of nitrogens with one attached hydrogen (secondary N) is 1. The molecule has 1 rings (SSSR count). The number of halogens is 1. The van der Waals surface area contributed by atoms with E-state index in [9.17, 15) is 9.59 Å². The molecule has 1 amide bonds. The van der Waals surface area contributed by atoms with Crippen LogP contribution < -0.4 is 56.7 Å². The van der Waals surface area contributed by atoms with Gasteiger partial charge >= 0.3 is 57.4 Å². The molecule has 0 aromatic heterocycles. The number of carbonyl (C=O) groups excluding carboxylic acids is 1. The van der Waals surface area contributed by atoms with Gasteiger partial charge in [-0.2, -0.15) is 7.05 Å². The van der Waals surface area contributed by atoms with Crippen molar-refractivity contribution in [2.45, 2.75) is 19.4 Å². The minimum absolute atomic E-state index is 0. The molecular formula is C13H18ClKN2O3. The van der Waals surface area contributed by atoms with Crippen molar-refractivity contribution in [1.29, 1.82) is 0 Å². The van der Waals surface area contributed by atoms with Crippen molar-refractivity contribution in [3.05, 3.63) is 40.2 Å². The number of benzene rings is 1. The van der Waals surface area contributed by atoms with Gasteiger partial charge in [0.2, 0.25) is 6.41 Å². The molecule has 0 bridgehead atoms. The Kier molecular flexibility index (Phi) is 17.2. The third kappa shape index (κ3) is 14.5. The van der Waals surface area contributed by atoms with E-state index in [1.165, 1.54) is 0 Å². The van der Waals surface area contributed by atoms with E-state index in [2.05, 4.69) is 10.6 Å². The van der Waals surface area contributed by atoms with Crippen molar-refractivity contribution in [2.24, 2.45) is 0 Å². The van der Waals surface area contributed by atoms with E-state index in [1.54, 1.807) is 19.2 Å². The monoisotopic (exact) mass is 324 g/mol. The van der Waals surface area contributed by atoms with Gasteiger partial charge in [0.15, 0.2) is 0 Å². The van der Waals surface area contributed by atoms with Crippen molar-refractivity contribution in [2.75, 3.05) is 13.6 Å². The minimum atomic E-state index is -0.742. The largest absolute Gasteiger partial charge is 1.00 e. The third-order valence-electron chi connectivity index (χ3n) is 2.08. The van der Waals surface area contributed by atoms with Crippen LogP contribution in [0.2, 0.25) is 5.02 Å². The first kappa shape index (κ1) is 22.3. The Balaban J connectivity index is 0. The second-order valence-electron chi connectivity index (χ2n) is 3.66. The van der Waals surface area contributed by atoms with Crippen LogP contribution in [0, 0.1) is 0 Å².